The Labute approximate surface area is 398 Å². The molecule has 3 aliphatic carbocycles. The van der Waals surface area contributed by atoms with Crippen LogP contribution in [0.1, 0.15) is 95.8 Å². The summed E-state index contributed by atoms with van der Waals surface area (Å²) in [7, 11) is 0. The summed E-state index contributed by atoms with van der Waals surface area (Å²) in [6.07, 6.45) is -13.9. The lowest BCUT2D eigenvalue weighted by atomic mass is 9.44. The summed E-state index contributed by atoms with van der Waals surface area (Å²) >= 11 is 0. The molecule has 5 unspecified atom stereocenters. The van der Waals surface area contributed by atoms with Crippen molar-refractivity contribution >= 4 is 35.9 Å². The van der Waals surface area contributed by atoms with Crippen LogP contribution in [-0.2, 0) is 59.1 Å². The fourth-order valence-corrected chi connectivity index (χ4v) is 10.6. The fourth-order valence-electron chi connectivity index (χ4n) is 10.6. The number of esters is 3. The van der Waals surface area contributed by atoms with Gasteiger partial charge in [-0.25, -0.2) is 19.2 Å². The van der Waals surface area contributed by atoms with Crippen LogP contribution in [0.2, 0.25) is 0 Å². The minimum absolute atomic E-state index is 0.0143. The average molecular weight is 960 g/mol. The second-order valence-corrected chi connectivity index (χ2v) is 19.8. The maximum Gasteiger partial charge on any atom is 0.509 e. The average Bonchev–Trinajstić information content (AvgIpc) is 3.29. The minimum atomic E-state index is -2.51. The molecule has 1 heterocycles. The molecule has 1 saturated heterocycles. The van der Waals surface area contributed by atoms with Gasteiger partial charge in [-0.3, -0.25) is 9.59 Å². The number of Topliss-reactive ketones (excluding diaryl/α,β-unsaturated/α-hetero) is 1. The zero-order valence-electron chi connectivity index (χ0n) is 39.6. The van der Waals surface area contributed by atoms with Gasteiger partial charge in [0.25, 0.3) is 0 Å². The van der Waals surface area contributed by atoms with E-state index in [1.54, 1.807) is 99.6 Å². The summed E-state index contributed by atoms with van der Waals surface area (Å²) in [5.41, 5.74) is -8.61. The van der Waals surface area contributed by atoms with Crippen molar-refractivity contribution in [3.05, 3.63) is 119 Å². The van der Waals surface area contributed by atoms with Gasteiger partial charge in [-0.2, -0.15) is 4.94 Å². The Balaban J connectivity index is 1.37. The second kappa shape index (κ2) is 19.3. The maximum atomic E-state index is 15.3. The zero-order chi connectivity index (χ0) is 50.3. The molecule has 17 nitrogen and oxygen atoms in total. The van der Waals surface area contributed by atoms with Crippen molar-refractivity contribution in [2.24, 2.45) is 16.7 Å². The normalized spacial score (nSPS) is 30.0. The summed E-state index contributed by atoms with van der Waals surface area (Å²) in [5.74, 6) is -5.87. The molecular formula is C51H58FNO16. The number of nitrogens with one attached hydrogen (secondary N) is 1. The van der Waals surface area contributed by atoms with Crippen molar-refractivity contribution in [2.45, 2.75) is 134 Å². The van der Waals surface area contributed by atoms with E-state index in [0.29, 0.717) is 5.56 Å². The SMILES string of the molecule is CC(=O)O[C@@]12COC1CC(OF)[C@@]1(C)C(=O)C(O)C3=C(C)[C@@H](OC(=O)[C@H](OC(=O)OCc4ccccc4)[C@@H](NC(=O)OC(C)(C)C)c4ccccc4)CC(O)([C@@H](OC(=O)c4ccccc4)C21)C3(C)C. The van der Waals surface area contributed by atoms with Crippen LogP contribution in [0, 0.1) is 16.7 Å². The van der Waals surface area contributed by atoms with Crippen molar-refractivity contribution in [3.63, 3.8) is 0 Å². The molecule has 2 bridgehead atoms. The van der Waals surface area contributed by atoms with Gasteiger partial charge in [-0.15, -0.1) is 0 Å². The molecule has 1 amide bonds. The summed E-state index contributed by atoms with van der Waals surface area (Å²) in [6, 6.07) is 22.8. The van der Waals surface area contributed by atoms with Crippen molar-refractivity contribution in [1.82, 2.24) is 5.32 Å². The number of ether oxygens (including phenoxy) is 7. The van der Waals surface area contributed by atoms with Gasteiger partial charge < -0.3 is 48.7 Å². The molecule has 0 spiro atoms. The largest absolute Gasteiger partial charge is 0.509 e. The number of hydrogen-bond donors (Lipinski definition) is 3. The first-order chi connectivity index (χ1) is 32.5. The number of aliphatic hydroxyl groups is 2. The van der Waals surface area contributed by atoms with Crippen LogP contribution < -0.4 is 5.32 Å². The van der Waals surface area contributed by atoms with E-state index < -0.39 is 119 Å². The molecule has 69 heavy (non-hydrogen) atoms. The number of amides is 1. The molecular weight excluding hydrogens is 902 g/mol. The van der Waals surface area contributed by atoms with Crippen molar-refractivity contribution in [2.75, 3.05) is 6.61 Å². The number of alkyl carbamates (subject to hydrolysis) is 1. The Morgan fingerprint density at radius 1 is 0.913 bits per heavy atom. The third-order valence-corrected chi connectivity index (χ3v) is 14.0. The summed E-state index contributed by atoms with van der Waals surface area (Å²) in [6.45, 7) is 11.1. The number of benzene rings is 3. The summed E-state index contributed by atoms with van der Waals surface area (Å²) < 4.78 is 56.2. The number of halogens is 1. The lowest BCUT2D eigenvalue weighted by Gasteiger charge is -2.67. The number of hydrogen-bond acceptors (Lipinski definition) is 16. The molecule has 0 radical (unpaired) electrons. The van der Waals surface area contributed by atoms with Crippen LogP contribution in [-0.4, -0.2) is 106 Å². The molecule has 0 aromatic heterocycles. The van der Waals surface area contributed by atoms with Gasteiger partial charge in [-0.05, 0) is 73.6 Å². The van der Waals surface area contributed by atoms with E-state index in [1.165, 1.54) is 39.8 Å². The number of carbonyl (C=O) groups excluding carboxylic acids is 6. The Bertz CT molecular complexity index is 2460. The van der Waals surface area contributed by atoms with E-state index in [4.69, 9.17) is 33.2 Å². The minimum Gasteiger partial charge on any atom is -0.455 e. The van der Waals surface area contributed by atoms with Gasteiger partial charge in [0.15, 0.2) is 11.4 Å². The molecule has 3 N–H and O–H groups in total. The lowest BCUT2D eigenvalue weighted by molar-refractivity contribution is -0.365. The Morgan fingerprint density at radius 3 is 2.09 bits per heavy atom. The molecule has 3 aromatic rings. The maximum absolute atomic E-state index is 15.3. The van der Waals surface area contributed by atoms with E-state index in [9.17, 15) is 29.4 Å². The van der Waals surface area contributed by atoms with E-state index in [1.807, 2.05) is 0 Å². The number of ketones is 1. The highest BCUT2D eigenvalue weighted by Gasteiger charge is 2.78. The van der Waals surface area contributed by atoms with Crippen LogP contribution in [0.5, 0.6) is 0 Å². The number of carbonyl (C=O) groups is 6. The van der Waals surface area contributed by atoms with Gasteiger partial charge in [0.1, 0.15) is 54.4 Å². The molecule has 3 fully saturated rings. The van der Waals surface area contributed by atoms with Gasteiger partial charge in [0.2, 0.25) is 6.10 Å². The van der Waals surface area contributed by atoms with Crippen molar-refractivity contribution in [3.8, 4) is 0 Å². The first-order valence-electron chi connectivity index (χ1n) is 22.6. The smallest absolute Gasteiger partial charge is 0.455 e. The molecule has 11 atom stereocenters. The van der Waals surface area contributed by atoms with Crippen LogP contribution in [0.25, 0.3) is 0 Å². The fraction of sp³-hybridized carbons (Fsp3) is 0.490. The monoisotopic (exact) mass is 959 g/mol. The highest BCUT2D eigenvalue weighted by molar-refractivity contribution is 5.94. The quantitative estimate of drug-likeness (QED) is 0.0996. The summed E-state index contributed by atoms with van der Waals surface area (Å²) in [4.78, 5) is 89.2. The zero-order valence-corrected chi connectivity index (χ0v) is 39.6. The van der Waals surface area contributed by atoms with Crippen molar-refractivity contribution in [1.29, 1.82) is 0 Å². The second-order valence-electron chi connectivity index (χ2n) is 19.8. The van der Waals surface area contributed by atoms with Crippen LogP contribution in [0.15, 0.2) is 102 Å². The van der Waals surface area contributed by atoms with Crippen LogP contribution in [0.4, 0.5) is 14.1 Å². The van der Waals surface area contributed by atoms with E-state index in [-0.39, 0.29) is 41.9 Å². The first kappa shape index (κ1) is 50.7. The molecule has 4 aliphatic rings. The lowest BCUT2D eigenvalue weighted by Crippen LogP contribution is -2.81. The first-order valence-corrected chi connectivity index (χ1v) is 22.6. The van der Waals surface area contributed by atoms with Gasteiger partial charge in [0.05, 0.1) is 23.5 Å². The Hall–Kier alpha value is -6.21. The van der Waals surface area contributed by atoms with Crippen LogP contribution in [0.3, 0.4) is 0 Å². The topological polar surface area (TPSA) is 229 Å². The highest BCUT2D eigenvalue weighted by Crippen LogP contribution is 2.64. The molecule has 370 valence electrons. The predicted octanol–water partition coefficient (Wildman–Crippen LogP) is 6.53. The molecule has 7 rings (SSSR count). The number of fused-ring (bicyclic) bond motifs is 5. The summed E-state index contributed by atoms with van der Waals surface area (Å²) in [5, 5.41) is 28.8. The molecule has 1 aliphatic heterocycles. The van der Waals surface area contributed by atoms with Crippen LogP contribution >= 0.6 is 0 Å². The number of rotatable bonds is 12. The third kappa shape index (κ3) is 9.46. The van der Waals surface area contributed by atoms with E-state index in [2.05, 4.69) is 10.3 Å². The Morgan fingerprint density at radius 2 is 1.52 bits per heavy atom. The number of aliphatic hydroxyl groups excluding tert-OH is 1. The van der Waals surface area contributed by atoms with Gasteiger partial charge in [0, 0.05) is 25.2 Å². The van der Waals surface area contributed by atoms with Gasteiger partial charge in [-0.1, -0.05) is 92.7 Å². The highest BCUT2D eigenvalue weighted by atomic mass is 19.3. The van der Waals surface area contributed by atoms with E-state index in [0.717, 1.165) is 6.92 Å². The third-order valence-electron chi connectivity index (χ3n) is 14.0. The van der Waals surface area contributed by atoms with Gasteiger partial charge >= 0.3 is 30.2 Å². The molecule has 18 heteroatoms. The van der Waals surface area contributed by atoms with Crippen molar-refractivity contribution < 1.29 is 81.6 Å². The predicted molar refractivity (Wildman–Crippen MR) is 239 cm³/mol. The molecule has 2 saturated carbocycles. The van der Waals surface area contributed by atoms with E-state index >= 15 is 14.1 Å². The molecule has 3 aromatic carbocycles. The Kier molecular flexibility index (Phi) is 14.2. The standard InChI is InChI=1S/C51H58FNO16/c1-28-33(64-44(58)39(65-46(60)62-26-30-18-12-9-13-19-30)37(31-20-14-10-15-21-31)53-45(59)68-47(3,4)5)25-51(61)42(66-43(57)32-22-16-11-17-23-32)40-49(8,41(56)38(55)36(28)48(51,6)7)34(69-52)24-35-50(40,27-63-35)67-29(2)54/h9-23,33-35,37-40,42,55,61H,24-27H2,1-8H3,(H,53,59)/t33-,34?,35?,37-,38?,39+,40?,42-,49+,50-,51?/m0/s1.